The third-order valence-electron chi connectivity index (χ3n) is 3.64. The van der Waals surface area contributed by atoms with Gasteiger partial charge in [-0.25, -0.2) is 13.1 Å². The molecule has 0 spiro atoms. The minimum Gasteiger partial charge on any atom is -0.495 e. The lowest BCUT2D eigenvalue weighted by Crippen LogP contribution is -2.29. The first-order valence-electron chi connectivity index (χ1n) is 7.29. The number of ether oxygens (including phenoxy) is 1. The number of Topliss-reactive ketones (excluding diaryl/α,β-unsaturated/α-hetero) is 1. The van der Waals surface area contributed by atoms with Gasteiger partial charge in [-0.1, -0.05) is 0 Å². The van der Waals surface area contributed by atoms with Crippen LogP contribution in [-0.2, 0) is 24.4 Å². The zero-order valence-electron chi connectivity index (χ0n) is 13.3. The number of sulfonamides is 1. The van der Waals surface area contributed by atoms with Gasteiger partial charge in [0, 0.05) is 13.3 Å². The van der Waals surface area contributed by atoms with E-state index in [9.17, 15) is 22.8 Å². The molecule has 24 heavy (non-hydrogen) atoms. The minimum absolute atomic E-state index is 0.119. The number of carbonyl (C=O) groups excluding carboxylic acids is 3. The van der Waals surface area contributed by atoms with E-state index in [4.69, 9.17) is 4.74 Å². The maximum absolute atomic E-state index is 12.2. The molecule has 8 nitrogen and oxygen atoms in total. The van der Waals surface area contributed by atoms with Gasteiger partial charge in [0.1, 0.15) is 11.5 Å². The standard InChI is InChI=1S/C15H18N2O6S/c1-9(18)17-24(21,22)10-6-7-14(23-2)12(8-10)16-15(20)11-4-3-5-13(11)19/h6-8,11H,3-5H2,1-2H3,(H,16,20)(H,17,18). The quantitative estimate of drug-likeness (QED) is 0.756. The summed E-state index contributed by atoms with van der Waals surface area (Å²) < 4.78 is 31.0. The van der Waals surface area contributed by atoms with Gasteiger partial charge < -0.3 is 10.1 Å². The number of anilines is 1. The van der Waals surface area contributed by atoms with Crippen LogP contribution in [0, 0.1) is 5.92 Å². The highest BCUT2D eigenvalue weighted by Gasteiger charge is 2.31. The van der Waals surface area contributed by atoms with Gasteiger partial charge in [-0.15, -0.1) is 0 Å². The molecule has 1 saturated carbocycles. The molecule has 1 fully saturated rings. The molecular weight excluding hydrogens is 336 g/mol. The Hall–Kier alpha value is -2.42. The molecule has 1 aliphatic rings. The van der Waals surface area contributed by atoms with E-state index >= 15 is 0 Å². The monoisotopic (exact) mass is 354 g/mol. The van der Waals surface area contributed by atoms with Gasteiger partial charge in [0.15, 0.2) is 0 Å². The number of hydrogen-bond donors (Lipinski definition) is 2. The highest BCUT2D eigenvalue weighted by atomic mass is 32.2. The summed E-state index contributed by atoms with van der Waals surface area (Å²) in [5.74, 6) is -1.84. The third-order valence-corrected chi connectivity index (χ3v) is 5.07. The molecule has 2 N–H and O–H groups in total. The predicted molar refractivity (Wildman–Crippen MR) is 85.0 cm³/mol. The molecule has 0 saturated heterocycles. The molecule has 0 aliphatic heterocycles. The normalized spacial score (nSPS) is 17.4. The van der Waals surface area contributed by atoms with Crippen LogP contribution in [0.25, 0.3) is 0 Å². The predicted octanol–water partition coefficient (Wildman–Crippen LogP) is 0.828. The highest BCUT2D eigenvalue weighted by Crippen LogP contribution is 2.29. The SMILES string of the molecule is COc1ccc(S(=O)(=O)NC(C)=O)cc1NC(=O)C1CCCC1=O. The summed E-state index contributed by atoms with van der Waals surface area (Å²) in [6.07, 6.45) is 1.49. The van der Waals surface area contributed by atoms with Gasteiger partial charge in [0.05, 0.1) is 23.6 Å². The molecule has 0 bridgehead atoms. The summed E-state index contributed by atoms with van der Waals surface area (Å²) in [4.78, 5) is 34.7. The molecule has 1 unspecified atom stereocenters. The molecule has 0 heterocycles. The Balaban J connectivity index is 2.31. The summed E-state index contributed by atoms with van der Waals surface area (Å²) in [7, 11) is -2.68. The lowest BCUT2D eigenvalue weighted by atomic mass is 10.1. The number of methoxy groups -OCH3 is 1. The van der Waals surface area contributed by atoms with Crippen molar-refractivity contribution < 1.29 is 27.5 Å². The van der Waals surface area contributed by atoms with Crippen molar-refractivity contribution in [3.8, 4) is 5.75 Å². The lowest BCUT2D eigenvalue weighted by molar-refractivity contribution is -0.129. The van der Waals surface area contributed by atoms with Gasteiger partial charge in [-0.3, -0.25) is 14.4 Å². The first-order chi connectivity index (χ1) is 11.2. The minimum atomic E-state index is -4.05. The zero-order chi connectivity index (χ0) is 17.9. The van der Waals surface area contributed by atoms with E-state index in [1.807, 2.05) is 4.72 Å². The van der Waals surface area contributed by atoms with Crippen LogP contribution in [-0.4, -0.2) is 33.1 Å². The number of rotatable bonds is 5. The number of hydrogen-bond acceptors (Lipinski definition) is 6. The summed E-state index contributed by atoms with van der Waals surface area (Å²) in [5, 5.41) is 2.54. The largest absolute Gasteiger partial charge is 0.495 e. The Morgan fingerprint density at radius 1 is 1.29 bits per heavy atom. The molecule has 1 aromatic rings. The lowest BCUT2D eigenvalue weighted by Gasteiger charge is -2.14. The second-order valence-electron chi connectivity index (χ2n) is 5.42. The maximum atomic E-state index is 12.2. The first-order valence-corrected chi connectivity index (χ1v) is 8.78. The van der Waals surface area contributed by atoms with E-state index in [-0.39, 0.29) is 22.1 Å². The van der Waals surface area contributed by atoms with Crippen molar-refractivity contribution >= 4 is 33.3 Å². The Bertz CT molecular complexity index is 787. The number of benzene rings is 1. The fourth-order valence-corrected chi connectivity index (χ4v) is 3.53. The molecule has 0 aromatic heterocycles. The van der Waals surface area contributed by atoms with Crippen LogP contribution in [0.3, 0.4) is 0 Å². The average molecular weight is 354 g/mol. The van der Waals surface area contributed by atoms with Crippen LogP contribution in [0.15, 0.2) is 23.1 Å². The van der Waals surface area contributed by atoms with Crippen LogP contribution in [0.4, 0.5) is 5.69 Å². The van der Waals surface area contributed by atoms with Crippen molar-refractivity contribution in [2.75, 3.05) is 12.4 Å². The van der Waals surface area contributed by atoms with Gasteiger partial charge in [-0.05, 0) is 31.0 Å². The van der Waals surface area contributed by atoms with E-state index in [2.05, 4.69) is 5.32 Å². The zero-order valence-corrected chi connectivity index (χ0v) is 14.1. The average Bonchev–Trinajstić information content (AvgIpc) is 2.92. The maximum Gasteiger partial charge on any atom is 0.264 e. The molecule has 130 valence electrons. The van der Waals surface area contributed by atoms with Crippen LogP contribution in [0.1, 0.15) is 26.2 Å². The smallest absolute Gasteiger partial charge is 0.264 e. The summed E-state index contributed by atoms with van der Waals surface area (Å²) in [5.41, 5.74) is 0.119. The van der Waals surface area contributed by atoms with Crippen molar-refractivity contribution in [2.24, 2.45) is 5.92 Å². The summed E-state index contributed by atoms with van der Waals surface area (Å²) >= 11 is 0. The number of nitrogens with one attached hydrogen (secondary N) is 2. The van der Waals surface area contributed by atoms with Gasteiger partial charge in [-0.2, -0.15) is 0 Å². The Labute approximate surface area is 139 Å². The van der Waals surface area contributed by atoms with Crippen molar-refractivity contribution in [1.82, 2.24) is 4.72 Å². The molecule has 9 heteroatoms. The van der Waals surface area contributed by atoms with Crippen molar-refractivity contribution in [2.45, 2.75) is 31.1 Å². The summed E-state index contributed by atoms with van der Waals surface area (Å²) in [6.45, 7) is 1.08. The summed E-state index contributed by atoms with van der Waals surface area (Å²) in [6, 6.07) is 3.79. The van der Waals surface area contributed by atoms with Crippen LogP contribution in [0.2, 0.25) is 0 Å². The van der Waals surface area contributed by atoms with Gasteiger partial charge in [0.2, 0.25) is 11.8 Å². The third kappa shape index (κ3) is 3.91. The number of amides is 2. The highest BCUT2D eigenvalue weighted by molar-refractivity contribution is 7.90. The van der Waals surface area contributed by atoms with Gasteiger partial charge >= 0.3 is 0 Å². The van der Waals surface area contributed by atoms with Crippen molar-refractivity contribution in [1.29, 1.82) is 0 Å². The molecule has 1 atom stereocenters. The number of ketones is 1. The van der Waals surface area contributed by atoms with E-state index in [1.54, 1.807) is 0 Å². The second-order valence-corrected chi connectivity index (χ2v) is 7.11. The molecule has 1 aromatic carbocycles. The van der Waals surface area contributed by atoms with Crippen LogP contribution < -0.4 is 14.8 Å². The number of carbonyl (C=O) groups is 3. The van der Waals surface area contributed by atoms with Crippen molar-refractivity contribution in [3.05, 3.63) is 18.2 Å². The Morgan fingerprint density at radius 2 is 2.00 bits per heavy atom. The van der Waals surface area contributed by atoms with Gasteiger partial charge in [0.25, 0.3) is 10.0 Å². The van der Waals surface area contributed by atoms with Crippen LogP contribution in [0.5, 0.6) is 5.75 Å². The first kappa shape index (κ1) is 17.9. The molecule has 2 amide bonds. The Morgan fingerprint density at radius 3 is 2.54 bits per heavy atom. The molecule has 2 rings (SSSR count). The molecule has 0 radical (unpaired) electrons. The van der Waals surface area contributed by atoms with E-state index in [0.717, 1.165) is 6.92 Å². The molecule has 1 aliphatic carbocycles. The fourth-order valence-electron chi connectivity index (χ4n) is 2.51. The van der Waals surface area contributed by atoms with E-state index < -0.39 is 27.8 Å². The van der Waals surface area contributed by atoms with E-state index in [0.29, 0.717) is 19.3 Å². The van der Waals surface area contributed by atoms with Crippen molar-refractivity contribution in [3.63, 3.8) is 0 Å². The fraction of sp³-hybridized carbons (Fsp3) is 0.400. The van der Waals surface area contributed by atoms with Crippen LogP contribution >= 0.6 is 0 Å². The Kier molecular flexibility index (Phi) is 5.23. The second kappa shape index (κ2) is 7.00. The van der Waals surface area contributed by atoms with E-state index in [1.165, 1.54) is 25.3 Å². The topological polar surface area (TPSA) is 119 Å². The molecular formula is C15H18N2O6S.